The zero-order valence-electron chi connectivity index (χ0n) is 8.24. The number of fused-ring (bicyclic) bond motifs is 1. The van der Waals surface area contributed by atoms with Gasteiger partial charge < -0.3 is 20.1 Å². The van der Waals surface area contributed by atoms with Crippen LogP contribution in [0.5, 0.6) is 11.5 Å². The summed E-state index contributed by atoms with van der Waals surface area (Å²) in [6, 6.07) is 0. The number of aliphatic hydroxyl groups excluding tert-OH is 1. The van der Waals surface area contributed by atoms with Gasteiger partial charge in [0.1, 0.15) is 5.56 Å². The summed E-state index contributed by atoms with van der Waals surface area (Å²) in [6.45, 7) is 3.22. The van der Waals surface area contributed by atoms with Crippen LogP contribution in [-0.4, -0.2) is 21.3 Å². The summed E-state index contributed by atoms with van der Waals surface area (Å²) in [5, 5.41) is 28.5. The topological polar surface area (TPSA) is 87.0 Å². The number of cyclic esters (lactones) is 1. The highest BCUT2D eigenvalue weighted by Crippen LogP contribution is 2.44. The minimum absolute atomic E-state index is 0.150. The molecule has 0 spiro atoms. The van der Waals surface area contributed by atoms with E-state index in [0.29, 0.717) is 11.1 Å². The van der Waals surface area contributed by atoms with E-state index in [-0.39, 0.29) is 16.9 Å². The van der Waals surface area contributed by atoms with Crippen LogP contribution in [0.2, 0.25) is 0 Å². The smallest absolute Gasteiger partial charge is 0.345 e. The molecular formula is C10H10O5. The standard InChI is InChI=1S/C10H10O5/c1-3-4(2)7(11)8(12)6-5(3)9(13)15-10(6)14/h9,11-13H,1-2H3. The second kappa shape index (κ2) is 2.87. The van der Waals surface area contributed by atoms with E-state index >= 15 is 0 Å². The third-order valence-corrected chi connectivity index (χ3v) is 2.72. The molecule has 15 heavy (non-hydrogen) atoms. The number of carbonyl (C=O) groups excluding carboxylic acids is 1. The summed E-state index contributed by atoms with van der Waals surface area (Å²) in [6.07, 6.45) is -1.36. The van der Waals surface area contributed by atoms with Gasteiger partial charge >= 0.3 is 5.97 Å². The van der Waals surface area contributed by atoms with Crippen molar-refractivity contribution in [1.82, 2.24) is 0 Å². The maximum atomic E-state index is 11.3. The van der Waals surface area contributed by atoms with Gasteiger partial charge in [0.2, 0.25) is 6.29 Å². The number of aliphatic hydroxyl groups is 1. The summed E-state index contributed by atoms with van der Waals surface area (Å²) < 4.78 is 4.55. The molecule has 0 aliphatic carbocycles. The molecule has 80 valence electrons. The second-order valence-corrected chi connectivity index (χ2v) is 3.49. The number of rotatable bonds is 0. The van der Waals surface area contributed by atoms with Gasteiger partial charge in [-0.15, -0.1) is 0 Å². The lowest BCUT2D eigenvalue weighted by Gasteiger charge is -2.11. The Balaban J connectivity index is 2.86. The normalized spacial score (nSPS) is 18.9. The molecule has 0 saturated heterocycles. The molecule has 1 heterocycles. The van der Waals surface area contributed by atoms with Crippen molar-refractivity contribution in [3.05, 3.63) is 22.3 Å². The molecule has 5 nitrogen and oxygen atoms in total. The molecule has 1 aliphatic rings. The SMILES string of the molecule is Cc1c(C)c2c(c(O)c1O)C(=O)OC2O. The van der Waals surface area contributed by atoms with Crippen LogP contribution in [0, 0.1) is 13.8 Å². The van der Waals surface area contributed by atoms with Gasteiger partial charge in [-0.3, -0.25) is 0 Å². The Bertz CT molecular complexity index is 464. The molecular weight excluding hydrogens is 200 g/mol. The van der Waals surface area contributed by atoms with Gasteiger partial charge in [-0.05, 0) is 25.0 Å². The largest absolute Gasteiger partial charge is 0.504 e. The van der Waals surface area contributed by atoms with Crippen molar-refractivity contribution in [2.24, 2.45) is 0 Å². The lowest BCUT2D eigenvalue weighted by atomic mass is 9.96. The Morgan fingerprint density at radius 1 is 1.13 bits per heavy atom. The van der Waals surface area contributed by atoms with Crippen LogP contribution < -0.4 is 0 Å². The quantitative estimate of drug-likeness (QED) is 0.437. The molecule has 3 N–H and O–H groups in total. The van der Waals surface area contributed by atoms with E-state index < -0.39 is 18.0 Å². The van der Waals surface area contributed by atoms with E-state index in [9.17, 15) is 20.1 Å². The first kappa shape index (κ1) is 9.79. The molecule has 1 atom stereocenters. The van der Waals surface area contributed by atoms with Gasteiger partial charge in [-0.1, -0.05) is 0 Å². The van der Waals surface area contributed by atoms with Gasteiger partial charge in [0.05, 0.1) is 0 Å². The molecule has 5 heteroatoms. The molecule has 0 saturated carbocycles. The van der Waals surface area contributed by atoms with Crippen LogP contribution in [0.1, 0.15) is 33.3 Å². The Morgan fingerprint density at radius 3 is 2.33 bits per heavy atom. The van der Waals surface area contributed by atoms with Crippen LogP contribution in [0.15, 0.2) is 0 Å². The number of phenols is 2. The van der Waals surface area contributed by atoms with Crippen LogP contribution >= 0.6 is 0 Å². The Hall–Kier alpha value is -1.75. The van der Waals surface area contributed by atoms with Gasteiger partial charge in [-0.25, -0.2) is 4.79 Å². The van der Waals surface area contributed by atoms with E-state index in [2.05, 4.69) is 4.74 Å². The second-order valence-electron chi connectivity index (χ2n) is 3.49. The number of hydrogen-bond acceptors (Lipinski definition) is 5. The summed E-state index contributed by atoms with van der Waals surface area (Å²) in [4.78, 5) is 11.3. The molecule has 1 unspecified atom stereocenters. The maximum absolute atomic E-state index is 11.3. The minimum Gasteiger partial charge on any atom is -0.504 e. The molecule has 0 amide bonds. The molecule has 1 aliphatic heterocycles. The van der Waals surface area contributed by atoms with Gasteiger partial charge in [0.15, 0.2) is 11.5 Å². The van der Waals surface area contributed by atoms with Crippen molar-refractivity contribution < 1.29 is 24.9 Å². The monoisotopic (exact) mass is 210 g/mol. The fraction of sp³-hybridized carbons (Fsp3) is 0.300. The number of aromatic hydroxyl groups is 2. The molecule has 0 fully saturated rings. The first-order valence-electron chi connectivity index (χ1n) is 4.39. The van der Waals surface area contributed by atoms with E-state index in [1.165, 1.54) is 0 Å². The maximum Gasteiger partial charge on any atom is 0.345 e. The van der Waals surface area contributed by atoms with Gasteiger partial charge in [0.25, 0.3) is 0 Å². The highest BCUT2D eigenvalue weighted by molar-refractivity contribution is 5.98. The molecule has 0 radical (unpaired) electrons. The predicted molar refractivity (Wildman–Crippen MR) is 49.6 cm³/mol. The Kier molecular flexibility index (Phi) is 1.87. The first-order valence-corrected chi connectivity index (χ1v) is 4.39. The molecule has 1 aromatic carbocycles. The van der Waals surface area contributed by atoms with E-state index in [4.69, 9.17) is 0 Å². The summed E-state index contributed by atoms with van der Waals surface area (Å²) in [5.74, 6) is -1.71. The van der Waals surface area contributed by atoms with E-state index in [1.54, 1.807) is 13.8 Å². The third kappa shape index (κ3) is 1.10. The van der Waals surface area contributed by atoms with Gasteiger partial charge in [0, 0.05) is 5.56 Å². The number of benzene rings is 1. The van der Waals surface area contributed by atoms with Crippen molar-refractivity contribution in [1.29, 1.82) is 0 Å². The number of esters is 1. The summed E-state index contributed by atoms with van der Waals surface area (Å²) in [7, 11) is 0. The number of ether oxygens (including phenoxy) is 1. The minimum atomic E-state index is -1.36. The zero-order valence-corrected chi connectivity index (χ0v) is 8.24. The van der Waals surface area contributed by atoms with Crippen LogP contribution in [-0.2, 0) is 4.74 Å². The van der Waals surface area contributed by atoms with E-state index in [1.807, 2.05) is 0 Å². The molecule has 0 aromatic heterocycles. The Labute approximate surface area is 85.5 Å². The van der Waals surface area contributed by atoms with Crippen LogP contribution in [0.4, 0.5) is 0 Å². The average molecular weight is 210 g/mol. The van der Waals surface area contributed by atoms with Crippen molar-refractivity contribution in [3.63, 3.8) is 0 Å². The first-order chi connectivity index (χ1) is 6.95. The van der Waals surface area contributed by atoms with Crippen molar-refractivity contribution >= 4 is 5.97 Å². The lowest BCUT2D eigenvalue weighted by molar-refractivity contribution is -0.0550. The number of carbonyl (C=O) groups is 1. The Morgan fingerprint density at radius 2 is 1.73 bits per heavy atom. The van der Waals surface area contributed by atoms with Crippen molar-refractivity contribution in [3.8, 4) is 11.5 Å². The van der Waals surface area contributed by atoms with Crippen LogP contribution in [0.25, 0.3) is 0 Å². The average Bonchev–Trinajstić information content (AvgIpc) is 2.47. The summed E-state index contributed by atoms with van der Waals surface area (Å²) >= 11 is 0. The number of hydrogen-bond donors (Lipinski definition) is 3. The molecule has 1 aromatic rings. The number of phenolic OH excluding ortho intramolecular Hbond substituents is 2. The molecule has 2 rings (SSSR count). The van der Waals surface area contributed by atoms with Crippen molar-refractivity contribution in [2.45, 2.75) is 20.1 Å². The van der Waals surface area contributed by atoms with Gasteiger partial charge in [-0.2, -0.15) is 0 Å². The fourth-order valence-corrected chi connectivity index (χ4v) is 1.73. The van der Waals surface area contributed by atoms with Crippen LogP contribution in [0.3, 0.4) is 0 Å². The van der Waals surface area contributed by atoms with Crippen molar-refractivity contribution in [2.75, 3.05) is 0 Å². The highest BCUT2D eigenvalue weighted by atomic mass is 16.6. The predicted octanol–water partition coefficient (Wildman–Crippen LogP) is 0.876. The fourth-order valence-electron chi connectivity index (χ4n) is 1.73. The molecule has 0 bridgehead atoms. The third-order valence-electron chi connectivity index (χ3n) is 2.72. The zero-order chi connectivity index (χ0) is 11.3. The summed E-state index contributed by atoms with van der Waals surface area (Å²) in [5.41, 5.74) is 1.04. The van der Waals surface area contributed by atoms with E-state index in [0.717, 1.165) is 0 Å². The lowest BCUT2D eigenvalue weighted by Crippen LogP contribution is -1.98. The highest BCUT2D eigenvalue weighted by Gasteiger charge is 2.36.